The van der Waals surface area contributed by atoms with Crippen molar-refractivity contribution in [2.75, 3.05) is 23.7 Å². The van der Waals surface area contributed by atoms with E-state index in [-0.39, 0.29) is 41.3 Å². The first kappa shape index (κ1) is 26.0. The monoisotopic (exact) mass is 489 g/mol. The van der Waals surface area contributed by atoms with Crippen LogP contribution < -0.4 is 27.2 Å². The molecule has 1 amide bonds. The van der Waals surface area contributed by atoms with Crippen molar-refractivity contribution < 1.29 is 4.79 Å². The van der Waals surface area contributed by atoms with E-state index in [2.05, 4.69) is 10.3 Å². The summed E-state index contributed by atoms with van der Waals surface area (Å²) in [6, 6.07) is 7.73. The summed E-state index contributed by atoms with van der Waals surface area (Å²) in [5.41, 5.74) is 5.91. The third-order valence-electron chi connectivity index (χ3n) is 6.31. The van der Waals surface area contributed by atoms with Crippen LogP contribution in [0.3, 0.4) is 0 Å². The van der Waals surface area contributed by atoms with Gasteiger partial charge in [0, 0.05) is 23.7 Å². The molecular formula is C25H36ClN5O3. The third kappa shape index (κ3) is 5.73. The average molecular weight is 490 g/mol. The molecule has 186 valence electrons. The predicted octanol–water partition coefficient (Wildman–Crippen LogP) is 3.48. The van der Waals surface area contributed by atoms with Gasteiger partial charge in [0.2, 0.25) is 5.91 Å². The number of nitrogens with two attached hydrogens (primary N) is 1. The molecule has 3 rings (SSSR count). The third-order valence-corrected chi connectivity index (χ3v) is 6.56. The molecule has 1 aliphatic rings. The Morgan fingerprint density at radius 1 is 1.15 bits per heavy atom. The number of H-pyrrole nitrogens is 1. The number of aromatic nitrogens is 2. The van der Waals surface area contributed by atoms with Gasteiger partial charge in [-0.25, -0.2) is 4.79 Å². The van der Waals surface area contributed by atoms with Crippen molar-refractivity contribution in [3.05, 3.63) is 55.7 Å². The molecule has 0 spiro atoms. The van der Waals surface area contributed by atoms with Crippen molar-refractivity contribution in [1.82, 2.24) is 14.9 Å². The van der Waals surface area contributed by atoms with Crippen molar-refractivity contribution in [3.63, 3.8) is 0 Å². The van der Waals surface area contributed by atoms with Gasteiger partial charge < -0.3 is 10.6 Å². The molecule has 4 N–H and O–H groups in total. The molecule has 1 fully saturated rings. The minimum Gasteiger partial charge on any atom is -0.383 e. The number of hydrogen-bond donors (Lipinski definition) is 3. The highest BCUT2D eigenvalue weighted by atomic mass is 35.5. The summed E-state index contributed by atoms with van der Waals surface area (Å²) in [6.45, 7) is 8.53. The molecule has 1 aliphatic carbocycles. The zero-order chi connectivity index (χ0) is 25.0. The second-order valence-corrected chi connectivity index (χ2v) is 10.5. The maximum Gasteiger partial charge on any atom is 0.330 e. The summed E-state index contributed by atoms with van der Waals surface area (Å²) < 4.78 is 1.33. The van der Waals surface area contributed by atoms with Crippen LogP contribution in [0.4, 0.5) is 11.5 Å². The quantitative estimate of drug-likeness (QED) is 0.499. The van der Waals surface area contributed by atoms with Crippen LogP contribution in [-0.4, -0.2) is 28.5 Å². The highest BCUT2D eigenvalue weighted by molar-refractivity contribution is 6.30. The molecule has 9 heteroatoms. The normalized spacial score (nSPS) is 15.3. The molecule has 8 nitrogen and oxygen atoms in total. The predicted molar refractivity (Wildman–Crippen MR) is 137 cm³/mol. The van der Waals surface area contributed by atoms with Crippen molar-refractivity contribution in [2.45, 2.75) is 65.5 Å². The Hall–Kier alpha value is -2.58. The van der Waals surface area contributed by atoms with Crippen LogP contribution in [0.25, 0.3) is 0 Å². The molecule has 0 bridgehead atoms. The van der Waals surface area contributed by atoms with Gasteiger partial charge in [0.25, 0.3) is 5.56 Å². The number of halogens is 1. The largest absolute Gasteiger partial charge is 0.383 e. The van der Waals surface area contributed by atoms with Gasteiger partial charge in [-0.15, -0.1) is 0 Å². The zero-order valence-electron chi connectivity index (χ0n) is 20.5. The smallest absolute Gasteiger partial charge is 0.330 e. The summed E-state index contributed by atoms with van der Waals surface area (Å²) in [5, 5.41) is 4.16. The van der Waals surface area contributed by atoms with E-state index in [0.717, 1.165) is 31.2 Å². The van der Waals surface area contributed by atoms with E-state index in [0.29, 0.717) is 18.1 Å². The van der Waals surface area contributed by atoms with Gasteiger partial charge in [0.05, 0.1) is 6.54 Å². The molecule has 0 unspecified atom stereocenters. The second kappa shape index (κ2) is 10.8. The molecule has 0 radical (unpaired) electrons. The van der Waals surface area contributed by atoms with E-state index in [1.54, 1.807) is 0 Å². The van der Waals surface area contributed by atoms with Gasteiger partial charge in [-0.05, 0) is 42.4 Å². The van der Waals surface area contributed by atoms with Crippen LogP contribution in [-0.2, 0) is 16.9 Å². The number of benzene rings is 1. The van der Waals surface area contributed by atoms with Crippen LogP contribution in [0.2, 0.25) is 5.02 Å². The second-order valence-electron chi connectivity index (χ2n) is 10.0. The Morgan fingerprint density at radius 3 is 2.32 bits per heavy atom. The van der Waals surface area contributed by atoms with Gasteiger partial charge in [-0.2, -0.15) is 0 Å². The van der Waals surface area contributed by atoms with Gasteiger partial charge in [-0.1, -0.05) is 64.3 Å². The fraction of sp³-hybridized carbons (Fsp3) is 0.560. The first-order valence-electron chi connectivity index (χ1n) is 12.0. The number of carbonyl (C=O) groups excluding carboxylic acids is 1. The number of nitrogen functional groups attached to an aromatic ring is 1. The lowest BCUT2D eigenvalue weighted by Crippen LogP contribution is -2.49. The van der Waals surface area contributed by atoms with E-state index in [1.165, 1.54) is 9.47 Å². The van der Waals surface area contributed by atoms with Crippen molar-refractivity contribution >= 4 is 29.0 Å². The maximum absolute atomic E-state index is 13.5. The number of nitrogens with one attached hydrogen (secondary N) is 2. The van der Waals surface area contributed by atoms with Crippen LogP contribution in [0.1, 0.15) is 58.9 Å². The van der Waals surface area contributed by atoms with Crippen LogP contribution in [0.5, 0.6) is 0 Å². The molecule has 0 atom stereocenters. The van der Waals surface area contributed by atoms with Crippen LogP contribution in [0.15, 0.2) is 33.9 Å². The lowest BCUT2D eigenvalue weighted by molar-refractivity contribution is -0.118. The van der Waals surface area contributed by atoms with E-state index in [4.69, 9.17) is 17.3 Å². The average Bonchev–Trinajstić information content (AvgIpc) is 3.24. The van der Waals surface area contributed by atoms with E-state index in [1.807, 2.05) is 52.0 Å². The van der Waals surface area contributed by atoms with Crippen molar-refractivity contribution in [3.8, 4) is 0 Å². The van der Waals surface area contributed by atoms with E-state index in [9.17, 15) is 14.4 Å². The van der Waals surface area contributed by atoms with Gasteiger partial charge in [-0.3, -0.25) is 24.5 Å². The maximum atomic E-state index is 13.5. The van der Waals surface area contributed by atoms with Crippen LogP contribution in [0, 0.1) is 11.8 Å². The number of aromatic amines is 1. The molecule has 1 aromatic heterocycles. The molecule has 1 heterocycles. The topological polar surface area (TPSA) is 113 Å². The van der Waals surface area contributed by atoms with Gasteiger partial charge in [0.1, 0.15) is 5.82 Å². The summed E-state index contributed by atoms with van der Waals surface area (Å²) in [6.07, 6.45) is 3.95. The van der Waals surface area contributed by atoms with Gasteiger partial charge >= 0.3 is 5.69 Å². The summed E-state index contributed by atoms with van der Waals surface area (Å²) in [5.74, 6) is -0.0215. The molecule has 1 aromatic carbocycles. The fourth-order valence-electron chi connectivity index (χ4n) is 4.72. The number of rotatable bonds is 9. The molecule has 2 aromatic rings. The number of carbonyl (C=O) groups is 1. The Bertz CT molecular complexity index is 1110. The minimum absolute atomic E-state index is 0.0183. The molecule has 0 saturated heterocycles. The minimum atomic E-state index is -0.648. The highest BCUT2D eigenvalue weighted by Gasteiger charge is 2.36. The Labute approximate surface area is 205 Å². The molecule has 0 aliphatic heterocycles. The first-order valence-corrected chi connectivity index (χ1v) is 12.4. The fourth-order valence-corrected chi connectivity index (χ4v) is 4.85. The standard InChI is InChI=1S/C25H36ClN5O3/c1-16(2)14-30(21-22(27)31(15-17(3)4)24(34)29-23(21)33)20(32)13-28-25(11-5-6-12-25)18-7-9-19(26)10-8-18/h7-10,16-17,28H,5-6,11-15,27H2,1-4H3,(H,29,33,34). The van der Waals surface area contributed by atoms with Gasteiger partial charge in [0.15, 0.2) is 5.69 Å². The highest BCUT2D eigenvalue weighted by Crippen LogP contribution is 2.39. The zero-order valence-corrected chi connectivity index (χ0v) is 21.2. The summed E-state index contributed by atoms with van der Waals surface area (Å²) in [4.78, 5) is 42.5. The Morgan fingerprint density at radius 2 is 1.76 bits per heavy atom. The molecule has 1 saturated carbocycles. The first-order chi connectivity index (χ1) is 16.0. The van der Waals surface area contributed by atoms with Crippen LogP contribution >= 0.6 is 11.6 Å². The number of hydrogen-bond acceptors (Lipinski definition) is 5. The Balaban J connectivity index is 1.93. The van der Waals surface area contributed by atoms with Crippen molar-refractivity contribution in [1.29, 1.82) is 0 Å². The Kier molecular flexibility index (Phi) is 8.25. The SMILES string of the molecule is CC(C)CN(C(=O)CNC1(c2ccc(Cl)cc2)CCCC1)c1c(N)n(CC(C)C)c(=O)[nH]c1=O. The summed E-state index contributed by atoms with van der Waals surface area (Å²) in [7, 11) is 0. The molecular weight excluding hydrogens is 454 g/mol. The summed E-state index contributed by atoms with van der Waals surface area (Å²) >= 11 is 6.08. The number of amides is 1. The van der Waals surface area contributed by atoms with E-state index < -0.39 is 11.2 Å². The van der Waals surface area contributed by atoms with Crippen molar-refractivity contribution in [2.24, 2.45) is 11.8 Å². The lowest BCUT2D eigenvalue weighted by atomic mass is 9.88. The molecule has 34 heavy (non-hydrogen) atoms. The number of anilines is 2. The lowest BCUT2D eigenvalue weighted by Gasteiger charge is -2.33. The van der Waals surface area contributed by atoms with E-state index >= 15 is 0 Å². The number of nitrogens with zero attached hydrogens (tertiary/aromatic N) is 2.